The van der Waals surface area contributed by atoms with E-state index in [2.05, 4.69) is 48.5 Å². The maximum absolute atomic E-state index is 12.6. The Bertz CT molecular complexity index is 1340. The third-order valence-electron chi connectivity index (χ3n) is 7.72. The van der Waals surface area contributed by atoms with E-state index in [0.29, 0.717) is 31.9 Å². The fourth-order valence-electron chi connectivity index (χ4n) is 5.82. The summed E-state index contributed by atoms with van der Waals surface area (Å²) in [6.07, 6.45) is 5.69. The van der Waals surface area contributed by atoms with Gasteiger partial charge in [0.05, 0.1) is 25.4 Å². The summed E-state index contributed by atoms with van der Waals surface area (Å²) in [4.78, 5) is 21.7. The van der Waals surface area contributed by atoms with Crippen LogP contribution in [-0.2, 0) is 27.1 Å². The highest BCUT2D eigenvalue weighted by molar-refractivity contribution is 7.13. The molecule has 4 heterocycles. The number of ether oxygens (including phenoxy) is 3. The molecule has 226 valence electrons. The third-order valence-corrected chi connectivity index (χ3v) is 8.55. The zero-order valence-electron chi connectivity index (χ0n) is 24.9. The molecule has 2 aliphatic rings. The molecule has 2 aliphatic heterocycles. The number of nitrogens with zero attached hydrogens (tertiary/aromatic N) is 2. The van der Waals surface area contributed by atoms with Crippen molar-refractivity contribution in [2.45, 2.75) is 70.2 Å². The molecule has 3 N–H and O–H groups in total. The normalized spacial score (nSPS) is 21.5. The lowest BCUT2D eigenvalue weighted by Gasteiger charge is -2.39. The number of carbonyl (C=O) groups is 1. The summed E-state index contributed by atoms with van der Waals surface area (Å²) in [7, 11) is 1.48. The number of fused-ring (bicyclic) bond motifs is 1. The van der Waals surface area contributed by atoms with Gasteiger partial charge in [0.15, 0.2) is 0 Å². The van der Waals surface area contributed by atoms with Crippen LogP contribution in [0.2, 0.25) is 0 Å². The Balaban J connectivity index is 1.34. The molecule has 2 aromatic heterocycles. The topological polar surface area (TPSA) is 115 Å². The van der Waals surface area contributed by atoms with Gasteiger partial charge in [0, 0.05) is 61.4 Å². The number of aromatic nitrogens is 2. The first-order valence-electron chi connectivity index (χ1n) is 14.6. The van der Waals surface area contributed by atoms with Gasteiger partial charge in [-0.25, -0.2) is 9.97 Å². The first-order chi connectivity index (χ1) is 20.1. The van der Waals surface area contributed by atoms with Crippen molar-refractivity contribution in [2.75, 3.05) is 33.5 Å². The van der Waals surface area contributed by atoms with E-state index in [4.69, 9.17) is 19.2 Å². The molecule has 0 unspecified atom stereocenters. The number of nitrogens with one attached hydrogen (secondary N) is 2. The van der Waals surface area contributed by atoms with E-state index in [-0.39, 0.29) is 30.5 Å². The largest absolute Gasteiger partial charge is 0.468 e. The molecule has 1 amide bonds. The average molecular weight is 595 g/mol. The van der Waals surface area contributed by atoms with Gasteiger partial charge in [0.1, 0.15) is 17.2 Å². The number of hydrogen-bond donors (Lipinski definition) is 3. The number of pyridine rings is 1. The monoisotopic (exact) mass is 594 g/mol. The van der Waals surface area contributed by atoms with Crippen LogP contribution in [0.4, 0.5) is 0 Å². The van der Waals surface area contributed by atoms with E-state index in [1.54, 1.807) is 17.5 Å². The van der Waals surface area contributed by atoms with Crippen molar-refractivity contribution >= 4 is 17.2 Å². The molecular formula is C32H42N4O5S. The van der Waals surface area contributed by atoms with Gasteiger partial charge in [0.25, 0.3) is 0 Å². The van der Waals surface area contributed by atoms with E-state index in [0.717, 1.165) is 40.1 Å². The van der Waals surface area contributed by atoms with Crippen LogP contribution in [-0.4, -0.2) is 72.2 Å². The van der Waals surface area contributed by atoms with Crippen LogP contribution in [0.5, 0.6) is 5.88 Å². The quantitative estimate of drug-likeness (QED) is 0.304. The molecular weight excluding hydrogens is 552 g/mol. The van der Waals surface area contributed by atoms with Crippen molar-refractivity contribution in [3.63, 3.8) is 0 Å². The maximum Gasteiger partial charge on any atom is 0.246 e. The Morgan fingerprint density at radius 2 is 2.12 bits per heavy atom. The molecule has 1 aromatic carbocycles. The minimum Gasteiger partial charge on any atom is -0.468 e. The molecule has 1 saturated heterocycles. The lowest BCUT2D eigenvalue weighted by Crippen LogP contribution is -2.51. The molecule has 0 aliphatic carbocycles. The molecule has 5 rings (SSSR count). The van der Waals surface area contributed by atoms with Gasteiger partial charge in [-0.1, -0.05) is 39.0 Å². The number of aliphatic hydroxyl groups is 1. The second-order valence-corrected chi connectivity index (χ2v) is 13.5. The predicted octanol–water partition coefficient (Wildman–Crippen LogP) is 4.10. The Morgan fingerprint density at radius 1 is 1.26 bits per heavy atom. The van der Waals surface area contributed by atoms with Crippen molar-refractivity contribution < 1.29 is 24.1 Å². The van der Waals surface area contributed by atoms with Gasteiger partial charge in [0.2, 0.25) is 11.8 Å². The van der Waals surface area contributed by atoms with Crippen LogP contribution in [0, 0.1) is 5.41 Å². The molecule has 0 saturated carbocycles. The van der Waals surface area contributed by atoms with E-state index in [1.807, 2.05) is 29.8 Å². The van der Waals surface area contributed by atoms with Gasteiger partial charge >= 0.3 is 0 Å². The summed E-state index contributed by atoms with van der Waals surface area (Å²) in [5, 5.41) is 21.0. The van der Waals surface area contributed by atoms with Crippen LogP contribution in [0.1, 0.15) is 56.3 Å². The van der Waals surface area contributed by atoms with Gasteiger partial charge in [-0.15, -0.1) is 11.3 Å². The summed E-state index contributed by atoms with van der Waals surface area (Å²) < 4.78 is 17.2. The van der Waals surface area contributed by atoms with Gasteiger partial charge < -0.3 is 30.0 Å². The highest BCUT2D eigenvalue weighted by Crippen LogP contribution is 2.43. The number of methoxy groups -OCH3 is 1. The summed E-state index contributed by atoms with van der Waals surface area (Å²) in [5.41, 5.74) is 3.85. The molecule has 9 nitrogen and oxygen atoms in total. The average Bonchev–Trinajstić information content (AvgIpc) is 3.64. The van der Waals surface area contributed by atoms with E-state index in [1.165, 1.54) is 7.11 Å². The van der Waals surface area contributed by atoms with Crippen molar-refractivity contribution in [3.05, 3.63) is 64.8 Å². The Kier molecular flexibility index (Phi) is 9.59. The summed E-state index contributed by atoms with van der Waals surface area (Å²) >= 11 is 1.58. The Hall–Kier alpha value is -2.89. The number of hydrogen-bond acceptors (Lipinski definition) is 9. The second kappa shape index (κ2) is 13.2. The van der Waals surface area contributed by atoms with E-state index in [9.17, 15) is 9.90 Å². The summed E-state index contributed by atoms with van der Waals surface area (Å²) in [5.74, 6) is 0.354. The first kappa shape index (κ1) is 30.6. The number of rotatable bonds is 11. The van der Waals surface area contributed by atoms with Crippen molar-refractivity contribution in [1.82, 2.24) is 20.6 Å². The van der Waals surface area contributed by atoms with Gasteiger partial charge in [-0.3, -0.25) is 4.79 Å². The van der Waals surface area contributed by atoms with E-state index < -0.39 is 17.7 Å². The molecule has 0 radical (unpaired) electrons. The van der Waals surface area contributed by atoms with Crippen LogP contribution in [0.25, 0.3) is 10.6 Å². The Labute approximate surface area is 252 Å². The maximum atomic E-state index is 12.6. The number of benzene rings is 1. The molecule has 3 aromatic rings. The number of amides is 1. The second-order valence-electron chi connectivity index (χ2n) is 12.6. The lowest BCUT2D eigenvalue weighted by atomic mass is 9.85. The van der Waals surface area contributed by atoms with Gasteiger partial charge in [-0.05, 0) is 41.5 Å². The SMILES string of the molecule is COCC(=O)N[C@@H](Cc1cccc(-c2nccs2)c1)[C@H](O)CN[C@H]1C[C@@]2(CCOC2)Oc2ncc(CC(C)(C)C)cc21. The number of carbonyl (C=O) groups excluding carboxylic acids is 1. The minimum absolute atomic E-state index is 0.0755. The molecule has 10 heteroatoms. The summed E-state index contributed by atoms with van der Waals surface area (Å²) in [6.45, 7) is 8.01. The third kappa shape index (κ3) is 7.73. The Morgan fingerprint density at radius 3 is 2.83 bits per heavy atom. The van der Waals surface area contributed by atoms with Crippen LogP contribution >= 0.6 is 11.3 Å². The lowest BCUT2D eigenvalue weighted by molar-refractivity contribution is -0.126. The molecule has 42 heavy (non-hydrogen) atoms. The zero-order chi connectivity index (χ0) is 29.7. The highest BCUT2D eigenvalue weighted by atomic mass is 32.1. The fraction of sp³-hybridized carbons (Fsp3) is 0.531. The van der Waals surface area contributed by atoms with Crippen molar-refractivity contribution in [2.24, 2.45) is 5.41 Å². The molecule has 4 atom stereocenters. The van der Waals surface area contributed by atoms with E-state index >= 15 is 0 Å². The number of aliphatic hydroxyl groups excluding tert-OH is 1. The van der Waals surface area contributed by atoms with Crippen molar-refractivity contribution in [1.29, 1.82) is 0 Å². The smallest absolute Gasteiger partial charge is 0.246 e. The van der Waals surface area contributed by atoms with Crippen molar-refractivity contribution in [3.8, 4) is 16.5 Å². The number of thiazole rings is 1. The molecule has 0 bridgehead atoms. The van der Waals surface area contributed by atoms with Crippen LogP contribution in [0.15, 0.2) is 48.1 Å². The minimum atomic E-state index is -0.859. The predicted molar refractivity (Wildman–Crippen MR) is 163 cm³/mol. The van der Waals surface area contributed by atoms with Gasteiger partial charge in [-0.2, -0.15) is 0 Å². The summed E-state index contributed by atoms with van der Waals surface area (Å²) in [6, 6.07) is 9.65. The van der Waals surface area contributed by atoms with Crippen LogP contribution < -0.4 is 15.4 Å². The molecule has 1 fully saturated rings. The van der Waals surface area contributed by atoms with Crippen LogP contribution in [0.3, 0.4) is 0 Å². The first-order valence-corrected chi connectivity index (χ1v) is 15.5. The fourth-order valence-corrected chi connectivity index (χ4v) is 6.45. The highest BCUT2D eigenvalue weighted by Gasteiger charge is 2.45. The zero-order valence-corrected chi connectivity index (χ0v) is 25.7. The molecule has 1 spiro atoms. The standard InChI is InChI=1S/C32H42N4O5S/c1-31(2,3)15-22-13-24-26(16-32(8-10-40-20-32)41-29(24)35-17-22)34-18-27(37)25(36-28(38)19-39-4)14-21-6-5-7-23(12-21)30-33-9-11-42-30/h5-7,9,11-13,17,25-27,34,37H,8,10,14-16,18-20H2,1-4H3,(H,36,38)/t25-,26-,27+,32+/m0/s1.